The van der Waals surface area contributed by atoms with E-state index in [1.165, 1.54) is 40.7 Å². The lowest BCUT2D eigenvalue weighted by Crippen LogP contribution is -2.30. The van der Waals surface area contributed by atoms with Crippen LogP contribution in [0.15, 0.2) is 51.8 Å². The van der Waals surface area contributed by atoms with Gasteiger partial charge in [-0.3, -0.25) is 4.79 Å². The predicted octanol–water partition coefficient (Wildman–Crippen LogP) is 3.41. The molecule has 0 heterocycles. The molecular formula is C19H20BrFN2O5S. The third-order valence-corrected chi connectivity index (χ3v) is 6.53. The molecule has 0 atom stereocenters. The van der Waals surface area contributed by atoms with Crippen LogP contribution < -0.4 is 5.32 Å². The second kappa shape index (κ2) is 9.95. The molecule has 1 N–H and O–H groups in total. The number of esters is 1. The third kappa shape index (κ3) is 5.84. The number of carbonyl (C=O) groups excluding carboxylic acids is 2. The number of halogens is 2. The molecule has 0 radical (unpaired) electrons. The number of hydrogen-bond donors (Lipinski definition) is 1. The summed E-state index contributed by atoms with van der Waals surface area (Å²) in [6.07, 6.45) is 0. The molecule has 10 heteroatoms. The zero-order chi connectivity index (χ0) is 21.6. The molecule has 156 valence electrons. The molecule has 0 spiro atoms. The van der Waals surface area contributed by atoms with Crippen molar-refractivity contribution in [1.82, 2.24) is 4.31 Å². The highest BCUT2D eigenvalue weighted by molar-refractivity contribution is 9.10. The van der Waals surface area contributed by atoms with E-state index < -0.39 is 34.3 Å². The van der Waals surface area contributed by atoms with Crippen molar-refractivity contribution in [3.05, 3.63) is 58.3 Å². The van der Waals surface area contributed by atoms with Crippen LogP contribution in [0.2, 0.25) is 0 Å². The molecule has 0 fully saturated rings. The third-order valence-electron chi connectivity index (χ3n) is 3.97. The van der Waals surface area contributed by atoms with Crippen molar-refractivity contribution in [3.63, 3.8) is 0 Å². The Kier molecular flexibility index (Phi) is 7.88. The first kappa shape index (κ1) is 23.0. The molecule has 0 saturated carbocycles. The summed E-state index contributed by atoms with van der Waals surface area (Å²) < 4.78 is 45.3. The topological polar surface area (TPSA) is 92.8 Å². The number of sulfonamides is 1. The fourth-order valence-electron chi connectivity index (χ4n) is 2.47. The zero-order valence-corrected chi connectivity index (χ0v) is 18.2. The molecule has 29 heavy (non-hydrogen) atoms. The largest absolute Gasteiger partial charge is 0.452 e. The fraction of sp³-hybridized carbons (Fsp3) is 0.263. The Bertz CT molecular complexity index is 992. The van der Waals surface area contributed by atoms with E-state index in [0.29, 0.717) is 17.6 Å². The SMILES string of the molecule is CCN(CC)S(=O)(=O)c1ccc(C(=O)OCC(=O)Nc2ccc(Br)cc2F)cc1. The van der Waals surface area contributed by atoms with Gasteiger partial charge in [0, 0.05) is 17.6 Å². The number of carbonyl (C=O) groups is 2. The molecule has 2 rings (SSSR count). The van der Waals surface area contributed by atoms with Crippen LogP contribution in [0.5, 0.6) is 0 Å². The van der Waals surface area contributed by atoms with Crippen LogP contribution in [-0.4, -0.2) is 44.3 Å². The minimum absolute atomic E-state index is 0.0415. The Morgan fingerprint density at radius 2 is 1.72 bits per heavy atom. The summed E-state index contributed by atoms with van der Waals surface area (Å²) in [5.41, 5.74) is 0.0475. The van der Waals surface area contributed by atoms with Crippen LogP contribution in [0.25, 0.3) is 0 Å². The molecule has 7 nitrogen and oxygen atoms in total. The molecule has 0 bridgehead atoms. The van der Waals surface area contributed by atoms with Gasteiger partial charge in [0.15, 0.2) is 6.61 Å². The number of ether oxygens (including phenoxy) is 1. The summed E-state index contributed by atoms with van der Waals surface area (Å²) >= 11 is 3.11. The van der Waals surface area contributed by atoms with Gasteiger partial charge < -0.3 is 10.1 Å². The maximum absolute atomic E-state index is 13.7. The van der Waals surface area contributed by atoms with E-state index in [1.807, 2.05) is 0 Å². The predicted molar refractivity (Wildman–Crippen MR) is 110 cm³/mol. The first-order valence-electron chi connectivity index (χ1n) is 8.71. The summed E-state index contributed by atoms with van der Waals surface area (Å²) in [5.74, 6) is -2.15. The van der Waals surface area contributed by atoms with Gasteiger partial charge in [0.1, 0.15) is 5.82 Å². The molecule has 2 aromatic rings. The minimum Gasteiger partial charge on any atom is -0.452 e. The Morgan fingerprint density at radius 1 is 1.10 bits per heavy atom. The maximum Gasteiger partial charge on any atom is 0.338 e. The quantitative estimate of drug-likeness (QED) is 0.577. The lowest BCUT2D eigenvalue weighted by Gasteiger charge is -2.18. The number of anilines is 1. The van der Waals surface area contributed by atoms with Crippen molar-refractivity contribution in [2.24, 2.45) is 0 Å². The summed E-state index contributed by atoms with van der Waals surface area (Å²) in [5, 5.41) is 2.30. The van der Waals surface area contributed by atoms with Gasteiger partial charge in [0.05, 0.1) is 16.1 Å². The van der Waals surface area contributed by atoms with Crippen LogP contribution in [0, 0.1) is 5.82 Å². The van der Waals surface area contributed by atoms with Crippen molar-refractivity contribution >= 4 is 43.5 Å². The van der Waals surface area contributed by atoms with Crippen molar-refractivity contribution in [2.75, 3.05) is 25.0 Å². The Balaban J connectivity index is 1.98. The summed E-state index contributed by atoms with van der Waals surface area (Å²) in [4.78, 5) is 24.0. The molecular weight excluding hydrogens is 467 g/mol. The minimum atomic E-state index is -3.63. The number of nitrogens with zero attached hydrogens (tertiary/aromatic N) is 1. The van der Waals surface area contributed by atoms with E-state index in [9.17, 15) is 22.4 Å². The smallest absolute Gasteiger partial charge is 0.338 e. The van der Waals surface area contributed by atoms with E-state index in [0.717, 1.165) is 0 Å². The van der Waals surface area contributed by atoms with Crippen LogP contribution in [-0.2, 0) is 19.6 Å². The molecule has 1 amide bonds. The summed E-state index contributed by atoms with van der Waals surface area (Å²) in [7, 11) is -3.63. The first-order chi connectivity index (χ1) is 13.7. The van der Waals surface area contributed by atoms with Gasteiger partial charge in [-0.15, -0.1) is 0 Å². The number of benzene rings is 2. The van der Waals surface area contributed by atoms with E-state index in [1.54, 1.807) is 19.9 Å². The standard InChI is InChI=1S/C19H20BrFN2O5S/c1-3-23(4-2)29(26,27)15-8-5-13(6-9-15)19(25)28-12-18(24)22-17-10-7-14(20)11-16(17)21/h5-11H,3-4,12H2,1-2H3,(H,22,24). The number of nitrogens with one attached hydrogen (secondary N) is 1. The molecule has 0 saturated heterocycles. The second-order valence-corrected chi connectivity index (χ2v) is 8.72. The van der Waals surface area contributed by atoms with Crippen molar-refractivity contribution in [2.45, 2.75) is 18.7 Å². The van der Waals surface area contributed by atoms with Crippen LogP contribution >= 0.6 is 15.9 Å². The fourth-order valence-corrected chi connectivity index (χ4v) is 4.26. The molecule has 0 unspecified atom stereocenters. The average Bonchev–Trinajstić information content (AvgIpc) is 2.69. The Labute approximate surface area is 177 Å². The normalized spacial score (nSPS) is 11.3. The average molecular weight is 487 g/mol. The van der Waals surface area contributed by atoms with Gasteiger partial charge in [-0.2, -0.15) is 4.31 Å². The lowest BCUT2D eigenvalue weighted by atomic mass is 10.2. The van der Waals surface area contributed by atoms with Crippen molar-refractivity contribution in [3.8, 4) is 0 Å². The van der Waals surface area contributed by atoms with Crippen LogP contribution in [0.1, 0.15) is 24.2 Å². The van der Waals surface area contributed by atoms with E-state index in [2.05, 4.69) is 21.2 Å². The molecule has 2 aromatic carbocycles. The Morgan fingerprint density at radius 3 is 2.28 bits per heavy atom. The number of hydrogen-bond acceptors (Lipinski definition) is 5. The highest BCUT2D eigenvalue weighted by Gasteiger charge is 2.22. The maximum atomic E-state index is 13.7. The molecule has 0 aliphatic carbocycles. The highest BCUT2D eigenvalue weighted by Crippen LogP contribution is 2.19. The summed E-state index contributed by atoms with van der Waals surface area (Å²) in [6, 6.07) is 9.35. The number of rotatable bonds is 8. The van der Waals surface area contributed by atoms with E-state index in [4.69, 9.17) is 4.74 Å². The van der Waals surface area contributed by atoms with Gasteiger partial charge in [-0.1, -0.05) is 29.8 Å². The first-order valence-corrected chi connectivity index (χ1v) is 10.9. The van der Waals surface area contributed by atoms with Gasteiger partial charge in [0.25, 0.3) is 5.91 Å². The highest BCUT2D eigenvalue weighted by atomic mass is 79.9. The Hall–Kier alpha value is -2.30. The zero-order valence-electron chi connectivity index (χ0n) is 15.8. The lowest BCUT2D eigenvalue weighted by molar-refractivity contribution is -0.119. The van der Waals surface area contributed by atoms with Crippen LogP contribution in [0.3, 0.4) is 0 Å². The molecule has 0 aliphatic heterocycles. The molecule has 0 aliphatic rings. The monoisotopic (exact) mass is 486 g/mol. The van der Waals surface area contributed by atoms with Crippen molar-refractivity contribution < 1.29 is 27.1 Å². The second-order valence-electron chi connectivity index (χ2n) is 5.86. The van der Waals surface area contributed by atoms with Gasteiger partial charge in [-0.25, -0.2) is 17.6 Å². The molecule has 0 aromatic heterocycles. The van der Waals surface area contributed by atoms with Gasteiger partial charge in [0.2, 0.25) is 10.0 Å². The summed E-state index contributed by atoms with van der Waals surface area (Å²) in [6.45, 7) is 3.51. The van der Waals surface area contributed by atoms with Gasteiger partial charge in [-0.05, 0) is 42.5 Å². The van der Waals surface area contributed by atoms with Crippen molar-refractivity contribution in [1.29, 1.82) is 0 Å². The van der Waals surface area contributed by atoms with E-state index >= 15 is 0 Å². The number of amides is 1. The van der Waals surface area contributed by atoms with Gasteiger partial charge >= 0.3 is 5.97 Å². The van der Waals surface area contributed by atoms with Crippen LogP contribution in [0.4, 0.5) is 10.1 Å². The van der Waals surface area contributed by atoms with E-state index in [-0.39, 0.29) is 16.1 Å².